The zero-order chi connectivity index (χ0) is 17.1. The fourth-order valence-electron chi connectivity index (χ4n) is 2.77. The predicted octanol–water partition coefficient (Wildman–Crippen LogP) is 2.73. The Morgan fingerprint density at radius 3 is 2.79 bits per heavy atom. The van der Waals surface area contributed by atoms with Gasteiger partial charge >= 0.3 is 0 Å². The molecule has 1 heterocycles. The molecular formula is C19H21N3O2. The van der Waals surface area contributed by atoms with E-state index in [1.807, 2.05) is 49.4 Å². The largest absolute Gasteiger partial charge is 0.497 e. The molecule has 0 aliphatic heterocycles. The molecule has 0 fully saturated rings. The van der Waals surface area contributed by atoms with Gasteiger partial charge in [-0.15, -0.1) is 0 Å². The van der Waals surface area contributed by atoms with E-state index in [1.54, 1.807) is 11.7 Å². The van der Waals surface area contributed by atoms with Crippen LogP contribution in [0.1, 0.15) is 12.0 Å². The normalized spacial score (nSPS) is 11.0. The molecule has 1 aromatic heterocycles. The first-order valence-corrected chi connectivity index (χ1v) is 7.99. The molecule has 0 saturated heterocycles. The minimum atomic E-state index is -0.0324. The average molecular weight is 323 g/mol. The van der Waals surface area contributed by atoms with Crippen molar-refractivity contribution in [2.75, 3.05) is 13.7 Å². The summed E-state index contributed by atoms with van der Waals surface area (Å²) < 4.78 is 7.01. The molecule has 3 aromatic rings. The average Bonchev–Trinajstić information content (AvgIpc) is 2.61. The van der Waals surface area contributed by atoms with E-state index in [-0.39, 0.29) is 5.56 Å². The highest BCUT2D eigenvalue weighted by Gasteiger charge is 2.13. The van der Waals surface area contributed by atoms with Crippen molar-refractivity contribution in [2.24, 2.45) is 5.73 Å². The first-order chi connectivity index (χ1) is 11.6. The summed E-state index contributed by atoms with van der Waals surface area (Å²) >= 11 is 0. The molecule has 2 aromatic carbocycles. The monoisotopic (exact) mass is 323 g/mol. The summed E-state index contributed by atoms with van der Waals surface area (Å²) in [6, 6.07) is 13.3. The van der Waals surface area contributed by atoms with Crippen LogP contribution in [0, 0.1) is 6.92 Å². The van der Waals surface area contributed by atoms with E-state index in [2.05, 4.69) is 0 Å². The molecule has 0 spiro atoms. The number of aromatic nitrogens is 2. The third kappa shape index (κ3) is 3.03. The maximum Gasteiger partial charge on any atom is 0.261 e. The van der Waals surface area contributed by atoms with Crippen molar-refractivity contribution in [3.63, 3.8) is 0 Å². The molecule has 2 N–H and O–H groups in total. The molecule has 0 aliphatic carbocycles. The third-order valence-corrected chi connectivity index (χ3v) is 4.02. The van der Waals surface area contributed by atoms with Crippen LogP contribution in [0.25, 0.3) is 22.3 Å². The second-order valence-corrected chi connectivity index (χ2v) is 5.79. The van der Waals surface area contributed by atoms with Crippen LogP contribution in [0.5, 0.6) is 5.75 Å². The van der Waals surface area contributed by atoms with Gasteiger partial charge in [-0.05, 0) is 44.2 Å². The van der Waals surface area contributed by atoms with Crippen LogP contribution in [-0.4, -0.2) is 23.2 Å². The Labute approximate surface area is 140 Å². The minimum absolute atomic E-state index is 0.0324. The van der Waals surface area contributed by atoms with Gasteiger partial charge in [-0.3, -0.25) is 9.36 Å². The van der Waals surface area contributed by atoms with E-state index < -0.39 is 0 Å². The minimum Gasteiger partial charge on any atom is -0.497 e. The van der Waals surface area contributed by atoms with Crippen molar-refractivity contribution in [1.29, 1.82) is 0 Å². The van der Waals surface area contributed by atoms with E-state index >= 15 is 0 Å². The molecule has 0 bridgehead atoms. The quantitative estimate of drug-likeness (QED) is 0.784. The Morgan fingerprint density at radius 1 is 1.21 bits per heavy atom. The lowest BCUT2D eigenvalue weighted by atomic mass is 10.1. The Morgan fingerprint density at radius 2 is 2.04 bits per heavy atom. The molecule has 5 heteroatoms. The van der Waals surface area contributed by atoms with Crippen LogP contribution in [-0.2, 0) is 6.54 Å². The standard InChI is InChI=1S/C19H21N3O2/c1-13-7-8-17-16(11-13)19(23)22(10-4-9-20)18(21-17)14-5-3-6-15(12-14)24-2/h3,5-8,11-12H,4,9-10,20H2,1-2H3. The SMILES string of the molecule is COc1cccc(-c2nc3ccc(C)cc3c(=O)n2CCCN)c1. The number of rotatable bonds is 5. The van der Waals surface area contributed by atoms with Gasteiger partial charge in [0.15, 0.2) is 0 Å². The van der Waals surface area contributed by atoms with Crippen LogP contribution in [0.2, 0.25) is 0 Å². The van der Waals surface area contributed by atoms with Crippen LogP contribution < -0.4 is 16.0 Å². The maximum absolute atomic E-state index is 13.0. The van der Waals surface area contributed by atoms with Gasteiger partial charge in [0.25, 0.3) is 5.56 Å². The van der Waals surface area contributed by atoms with Gasteiger partial charge in [0.1, 0.15) is 11.6 Å². The smallest absolute Gasteiger partial charge is 0.261 e. The molecule has 0 atom stereocenters. The summed E-state index contributed by atoms with van der Waals surface area (Å²) in [6.45, 7) is 3.04. The number of hydrogen-bond acceptors (Lipinski definition) is 4. The predicted molar refractivity (Wildman–Crippen MR) is 96.4 cm³/mol. The summed E-state index contributed by atoms with van der Waals surface area (Å²) in [7, 11) is 1.62. The number of nitrogens with two attached hydrogens (primary N) is 1. The van der Waals surface area contributed by atoms with Gasteiger partial charge < -0.3 is 10.5 Å². The second-order valence-electron chi connectivity index (χ2n) is 5.79. The lowest BCUT2D eigenvalue weighted by molar-refractivity contribution is 0.415. The summed E-state index contributed by atoms with van der Waals surface area (Å²) in [5.41, 5.74) is 8.21. The molecular weight excluding hydrogens is 302 g/mol. The Bertz CT molecular complexity index is 932. The number of methoxy groups -OCH3 is 1. The van der Waals surface area contributed by atoms with E-state index in [0.29, 0.717) is 29.8 Å². The molecule has 5 nitrogen and oxygen atoms in total. The van der Waals surface area contributed by atoms with Crippen molar-refractivity contribution < 1.29 is 4.74 Å². The summed E-state index contributed by atoms with van der Waals surface area (Å²) in [6.07, 6.45) is 0.718. The van der Waals surface area contributed by atoms with Gasteiger partial charge in [-0.25, -0.2) is 4.98 Å². The first-order valence-electron chi connectivity index (χ1n) is 7.99. The van der Waals surface area contributed by atoms with Crippen molar-refractivity contribution in [3.8, 4) is 17.1 Å². The Kier molecular flexibility index (Phi) is 4.62. The van der Waals surface area contributed by atoms with Crippen LogP contribution >= 0.6 is 0 Å². The van der Waals surface area contributed by atoms with E-state index in [9.17, 15) is 4.79 Å². The first kappa shape index (κ1) is 16.2. The van der Waals surface area contributed by atoms with Crippen molar-refractivity contribution in [3.05, 3.63) is 58.4 Å². The number of hydrogen-bond donors (Lipinski definition) is 1. The molecule has 124 valence electrons. The van der Waals surface area contributed by atoms with E-state index in [0.717, 1.165) is 23.3 Å². The lowest BCUT2D eigenvalue weighted by Crippen LogP contribution is -2.24. The lowest BCUT2D eigenvalue weighted by Gasteiger charge is -2.14. The molecule has 0 unspecified atom stereocenters. The second kappa shape index (κ2) is 6.84. The number of fused-ring (bicyclic) bond motifs is 1. The van der Waals surface area contributed by atoms with Gasteiger partial charge in [0.05, 0.1) is 18.0 Å². The van der Waals surface area contributed by atoms with Crippen molar-refractivity contribution in [1.82, 2.24) is 9.55 Å². The van der Waals surface area contributed by atoms with Crippen LogP contribution in [0.4, 0.5) is 0 Å². The van der Waals surface area contributed by atoms with Crippen molar-refractivity contribution in [2.45, 2.75) is 19.9 Å². The Balaban J connectivity index is 2.28. The van der Waals surface area contributed by atoms with Gasteiger partial charge in [-0.1, -0.05) is 23.8 Å². The summed E-state index contributed by atoms with van der Waals surface area (Å²) in [5.74, 6) is 1.37. The number of benzene rings is 2. The third-order valence-electron chi connectivity index (χ3n) is 4.02. The topological polar surface area (TPSA) is 70.1 Å². The molecule has 0 saturated carbocycles. The molecule has 0 amide bonds. The van der Waals surface area contributed by atoms with Crippen LogP contribution in [0.15, 0.2) is 47.3 Å². The molecule has 3 rings (SSSR count). The van der Waals surface area contributed by atoms with Gasteiger partial charge in [-0.2, -0.15) is 0 Å². The molecule has 0 aliphatic rings. The van der Waals surface area contributed by atoms with Crippen LogP contribution in [0.3, 0.4) is 0 Å². The highest BCUT2D eigenvalue weighted by molar-refractivity contribution is 5.80. The highest BCUT2D eigenvalue weighted by Crippen LogP contribution is 2.23. The summed E-state index contributed by atoms with van der Waals surface area (Å²) in [5, 5.41) is 0.638. The fraction of sp³-hybridized carbons (Fsp3) is 0.263. The zero-order valence-electron chi connectivity index (χ0n) is 14.0. The summed E-state index contributed by atoms with van der Waals surface area (Å²) in [4.78, 5) is 17.7. The number of nitrogens with zero attached hydrogens (tertiary/aromatic N) is 2. The fourth-order valence-corrected chi connectivity index (χ4v) is 2.77. The van der Waals surface area contributed by atoms with Gasteiger partial charge in [0.2, 0.25) is 0 Å². The van der Waals surface area contributed by atoms with Crippen molar-refractivity contribution >= 4 is 10.9 Å². The maximum atomic E-state index is 13.0. The highest BCUT2D eigenvalue weighted by atomic mass is 16.5. The molecule has 0 radical (unpaired) electrons. The van der Waals surface area contributed by atoms with E-state index in [1.165, 1.54) is 0 Å². The Hall–Kier alpha value is -2.66. The zero-order valence-corrected chi connectivity index (χ0v) is 14.0. The van der Waals surface area contributed by atoms with Gasteiger partial charge in [0, 0.05) is 12.1 Å². The number of aryl methyl sites for hydroxylation is 1. The molecule has 24 heavy (non-hydrogen) atoms. The number of ether oxygens (including phenoxy) is 1. The van der Waals surface area contributed by atoms with E-state index in [4.69, 9.17) is 15.5 Å².